The lowest BCUT2D eigenvalue weighted by atomic mass is 10.1. The fourth-order valence-corrected chi connectivity index (χ4v) is 4.41. The predicted molar refractivity (Wildman–Crippen MR) is 135 cm³/mol. The third-order valence-electron chi connectivity index (χ3n) is 6.46. The highest BCUT2D eigenvalue weighted by Crippen LogP contribution is 2.32. The largest absolute Gasteiger partial charge is 0.457 e. The second-order valence-corrected chi connectivity index (χ2v) is 8.72. The lowest BCUT2D eigenvalue weighted by Gasteiger charge is -2.20. The predicted octanol–water partition coefficient (Wildman–Crippen LogP) is 6.24. The van der Waals surface area contributed by atoms with Crippen LogP contribution in [0.3, 0.4) is 0 Å². The van der Waals surface area contributed by atoms with E-state index in [0.717, 1.165) is 33.3 Å². The van der Waals surface area contributed by atoms with Crippen LogP contribution < -0.4 is 15.0 Å². The number of hydrogen-bond acceptors (Lipinski definition) is 3. The minimum atomic E-state index is -0.390. The topological polar surface area (TPSA) is 58.6 Å². The summed E-state index contributed by atoms with van der Waals surface area (Å²) < 4.78 is 6.09. The van der Waals surface area contributed by atoms with E-state index in [1.165, 1.54) is 0 Å². The number of carbonyl (C=O) groups excluding carboxylic acids is 2. The summed E-state index contributed by atoms with van der Waals surface area (Å²) in [4.78, 5) is 27.3. The summed E-state index contributed by atoms with van der Waals surface area (Å²) in [5.41, 5.74) is 3.76. The van der Waals surface area contributed by atoms with Gasteiger partial charge in [-0.3, -0.25) is 9.59 Å². The van der Waals surface area contributed by atoms with E-state index in [9.17, 15) is 9.59 Å². The van der Waals surface area contributed by atoms with Crippen LogP contribution in [0, 0.1) is 19.8 Å². The van der Waals surface area contributed by atoms with Crippen LogP contribution in [0.25, 0.3) is 10.8 Å². The van der Waals surface area contributed by atoms with Crippen molar-refractivity contribution in [1.29, 1.82) is 0 Å². The Morgan fingerprint density at radius 2 is 1.65 bits per heavy atom. The Labute approximate surface area is 199 Å². The van der Waals surface area contributed by atoms with Crippen molar-refractivity contribution in [2.45, 2.75) is 20.3 Å². The van der Waals surface area contributed by atoms with E-state index in [0.29, 0.717) is 18.0 Å². The third-order valence-corrected chi connectivity index (χ3v) is 6.46. The third kappa shape index (κ3) is 4.25. The minimum Gasteiger partial charge on any atom is -0.457 e. The van der Waals surface area contributed by atoms with Crippen molar-refractivity contribution in [1.82, 2.24) is 0 Å². The molecule has 1 N–H and O–H groups in total. The quantitative estimate of drug-likeness (QED) is 0.391. The molecule has 1 atom stereocenters. The van der Waals surface area contributed by atoms with Crippen LogP contribution in [0.5, 0.6) is 11.5 Å². The van der Waals surface area contributed by atoms with E-state index < -0.39 is 0 Å². The van der Waals surface area contributed by atoms with Crippen LogP contribution >= 0.6 is 0 Å². The molecule has 1 saturated heterocycles. The molecule has 34 heavy (non-hydrogen) atoms. The van der Waals surface area contributed by atoms with E-state index in [1.807, 2.05) is 86.6 Å². The molecule has 1 fully saturated rings. The summed E-state index contributed by atoms with van der Waals surface area (Å²) in [6.45, 7) is 4.42. The van der Waals surface area contributed by atoms with Crippen LogP contribution in [0.15, 0.2) is 84.9 Å². The molecule has 5 rings (SSSR count). The summed E-state index contributed by atoms with van der Waals surface area (Å²) in [7, 11) is 0. The molecule has 0 spiro atoms. The molecule has 1 aliphatic rings. The molecular weight excluding hydrogens is 424 g/mol. The smallest absolute Gasteiger partial charge is 0.229 e. The van der Waals surface area contributed by atoms with E-state index >= 15 is 0 Å². The van der Waals surface area contributed by atoms with Gasteiger partial charge in [-0.25, -0.2) is 0 Å². The number of nitrogens with one attached hydrogen (secondary N) is 1. The van der Waals surface area contributed by atoms with Crippen LogP contribution in [0.1, 0.15) is 17.5 Å². The number of anilines is 2. The highest BCUT2D eigenvalue weighted by atomic mass is 16.5. The van der Waals surface area contributed by atoms with Crippen molar-refractivity contribution in [2.75, 3.05) is 16.8 Å². The average Bonchev–Trinajstić information content (AvgIpc) is 3.24. The van der Waals surface area contributed by atoms with Gasteiger partial charge in [-0.1, -0.05) is 48.5 Å². The molecule has 0 unspecified atom stereocenters. The molecule has 4 aromatic rings. The summed E-state index contributed by atoms with van der Waals surface area (Å²) in [5, 5.41) is 5.11. The Morgan fingerprint density at radius 3 is 2.47 bits per heavy atom. The monoisotopic (exact) mass is 450 g/mol. The summed E-state index contributed by atoms with van der Waals surface area (Å²) in [6.07, 6.45) is 0.210. The average molecular weight is 451 g/mol. The molecule has 0 bridgehead atoms. The van der Waals surface area contributed by atoms with Gasteiger partial charge in [-0.05, 0) is 66.8 Å². The Balaban J connectivity index is 1.25. The van der Waals surface area contributed by atoms with Gasteiger partial charge < -0.3 is 15.0 Å². The van der Waals surface area contributed by atoms with E-state index in [-0.39, 0.29) is 24.2 Å². The van der Waals surface area contributed by atoms with Crippen molar-refractivity contribution >= 4 is 34.0 Å². The van der Waals surface area contributed by atoms with Gasteiger partial charge in [0.2, 0.25) is 11.8 Å². The van der Waals surface area contributed by atoms with Crippen molar-refractivity contribution in [3.63, 3.8) is 0 Å². The summed E-state index contributed by atoms with van der Waals surface area (Å²) in [5.74, 6) is 0.910. The highest BCUT2D eigenvalue weighted by molar-refractivity contribution is 6.04. The molecule has 0 saturated carbocycles. The van der Waals surface area contributed by atoms with Crippen LogP contribution in [0.4, 0.5) is 11.4 Å². The summed E-state index contributed by atoms with van der Waals surface area (Å²) in [6, 6.07) is 27.2. The number of fused-ring (bicyclic) bond motifs is 1. The second-order valence-electron chi connectivity index (χ2n) is 8.72. The number of hydrogen-bond donors (Lipinski definition) is 1. The van der Waals surface area contributed by atoms with Crippen LogP contribution in [0.2, 0.25) is 0 Å². The van der Waals surface area contributed by atoms with Crippen molar-refractivity contribution in [3.8, 4) is 11.5 Å². The molecule has 4 aromatic carbocycles. The normalized spacial score (nSPS) is 15.5. The van der Waals surface area contributed by atoms with Crippen molar-refractivity contribution in [3.05, 3.63) is 96.1 Å². The molecule has 170 valence electrons. The summed E-state index contributed by atoms with van der Waals surface area (Å²) >= 11 is 0. The number of benzene rings is 4. The minimum absolute atomic E-state index is 0.0207. The molecule has 0 aromatic heterocycles. The molecule has 2 amide bonds. The van der Waals surface area contributed by atoms with Crippen LogP contribution in [-0.4, -0.2) is 18.4 Å². The van der Waals surface area contributed by atoms with Gasteiger partial charge in [0.1, 0.15) is 11.5 Å². The number of nitrogens with zero attached hydrogens (tertiary/aromatic N) is 1. The van der Waals surface area contributed by atoms with E-state index in [1.54, 1.807) is 4.90 Å². The fourth-order valence-electron chi connectivity index (χ4n) is 4.41. The number of ether oxygens (including phenoxy) is 1. The Bertz CT molecular complexity index is 1370. The maximum atomic E-state index is 12.9. The lowest BCUT2D eigenvalue weighted by molar-refractivity contribution is -0.122. The van der Waals surface area contributed by atoms with Gasteiger partial charge in [0, 0.05) is 29.7 Å². The lowest BCUT2D eigenvalue weighted by Crippen LogP contribution is -2.28. The molecule has 0 radical (unpaired) electrons. The standard InChI is InChI=1S/C29H26N2O3/c1-19-7-5-11-26(20(19)2)31-18-22(17-28(31)32)29(33)30-23-13-15-24(16-14-23)34-27-12-6-9-21-8-3-4-10-25(21)27/h3-16,22H,17-18H2,1-2H3,(H,30,33)/t22-/m1/s1. The van der Waals surface area contributed by atoms with E-state index in [2.05, 4.69) is 17.4 Å². The number of carbonyl (C=O) groups is 2. The molecule has 1 aliphatic heterocycles. The molecule has 1 heterocycles. The molecular formula is C29H26N2O3. The van der Waals surface area contributed by atoms with Gasteiger partial charge in [0.15, 0.2) is 0 Å². The zero-order valence-electron chi connectivity index (χ0n) is 19.2. The van der Waals surface area contributed by atoms with Crippen molar-refractivity contribution in [2.24, 2.45) is 5.92 Å². The number of rotatable bonds is 5. The molecule has 5 heteroatoms. The van der Waals surface area contributed by atoms with Gasteiger partial charge in [-0.15, -0.1) is 0 Å². The molecule has 0 aliphatic carbocycles. The van der Waals surface area contributed by atoms with Gasteiger partial charge in [0.05, 0.1) is 5.92 Å². The van der Waals surface area contributed by atoms with E-state index in [4.69, 9.17) is 4.74 Å². The highest BCUT2D eigenvalue weighted by Gasteiger charge is 2.35. The number of amides is 2. The van der Waals surface area contributed by atoms with Crippen molar-refractivity contribution < 1.29 is 14.3 Å². The fraction of sp³-hybridized carbons (Fsp3) is 0.172. The maximum absolute atomic E-state index is 12.9. The zero-order valence-corrected chi connectivity index (χ0v) is 19.2. The maximum Gasteiger partial charge on any atom is 0.229 e. The Kier molecular flexibility index (Phi) is 5.76. The second kappa shape index (κ2) is 9.02. The van der Waals surface area contributed by atoms with Gasteiger partial charge in [0.25, 0.3) is 0 Å². The zero-order chi connectivity index (χ0) is 23.7. The van der Waals surface area contributed by atoms with Gasteiger partial charge in [-0.2, -0.15) is 0 Å². The first-order valence-electron chi connectivity index (χ1n) is 11.4. The van der Waals surface area contributed by atoms with Gasteiger partial charge >= 0.3 is 0 Å². The van der Waals surface area contributed by atoms with Crippen LogP contribution in [-0.2, 0) is 9.59 Å². The first-order valence-corrected chi connectivity index (χ1v) is 11.4. The molecule has 5 nitrogen and oxygen atoms in total. The Hall–Kier alpha value is -4.12. The first kappa shape index (κ1) is 21.7. The number of aryl methyl sites for hydroxylation is 1. The first-order chi connectivity index (χ1) is 16.5. The Morgan fingerprint density at radius 1 is 0.912 bits per heavy atom. The SMILES string of the molecule is Cc1cccc(N2C[C@H](C(=O)Nc3ccc(Oc4cccc5ccccc45)cc3)CC2=O)c1C.